The summed E-state index contributed by atoms with van der Waals surface area (Å²) in [6.45, 7) is 0. The lowest BCUT2D eigenvalue weighted by Gasteiger charge is -2.40. The highest BCUT2D eigenvalue weighted by Crippen LogP contribution is 3.02. The van der Waals surface area contributed by atoms with Gasteiger partial charge >= 0.3 is 16.2 Å². The van der Waals surface area contributed by atoms with E-state index in [4.69, 9.17) is 5.11 Å². The molecule has 0 aromatic heterocycles. The fraction of sp³-hybridized carbons (Fsp3) is 0.125. The van der Waals surface area contributed by atoms with Gasteiger partial charge in [0.15, 0.2) is 9.84 Å². The molecular weight excluding hydrogens is 319 g/mol. The molecule has 0 aliphatic heterocycles. The van der Waals surface area contributed by atoms with Crippen LogP contribution < -0.4 is 0 Å². The third kappa shape index (κ3) is 3.56. The van der Waals surface area contributed by atoms with Gasteiger partial charge in [-0.25, -0.2) is 13.2 Å². The number of hydrogen-bond donors (Lipinski definition) is 1. The number of carbonyl (C=O) groups is 1. The minimum atomic E-state index is -10.1. The molecule has 4 nitrogen and oxygen atoms in total. The quantitative estimate of drug-likeness (QED) is 0.864. The fourth-order valence-corrected chi connectivity index (χ4v) is 2.86. The predicted octanol–water partition coefficient (Wildman–Crippen LogP) is 3.45. The molecule has 1 N–H and O–H groups in total. The number of benzene rings is 1. The van der Waals surface area contributed by atoms with E-state index in [0.717, 1.165) is 0 Å². The van der Waals surface area contributed by atoms with Crippen molar-refractivity contribution in [1.29, 1.82) is 0 Å². The van der Waals surface area contributed by atoms with Gasteiger partial charge in [-0.05, 0) is 18.2 Å². The molecule has 0 heterocycles. The Kier molecular flexibility index (Phi) is 2.80. The van der Waals surface area contributed by atoms with Gasteiger partial charge in [-0.2, -0.15) is 0 Å². The van der Waals surface area contributed by atoms with Gasteiger partial charge in [-0.3, -0.25) is 0 Å². The van der Waals surface area contributed by atoms with Crippen molar-refractivity contribution >= 4 is 26.0 Å². The third-order valence-electron chi connectivity index (χ3n) is 2.03. The summed E-state index contributed by atoms with van der Waals surface area (Å²) >= 11 is 0. The Balaban J connectivity index is 3.78. The Morgan fingerprint density at radius 3 is 1.95 bits per heavy atom. The monoisotopic (exact) mass is 326 g/mol. The first-order valence-electron chi connectivity index (χ1n) is 4.34. The fourth-order valence-electron chi connectivity index (χ4n) is 1.23. The summed E-state index contributed by atoms with van der Waals surface area (Å²) in [5.74, 6) is -1.84. The first-order valence-corrected chi connectivity index (χ1v) is 8.18. The Morgan fingerprint density at radius 2 is 1.63 bits per heavy atom. The van der Waals surface area contributed by atoms with E-state index < -0.39 is 41.4 Å². The number of sulfone groups is 1. The van der Waals surface area contributed by atoms with E-state index in [-0.39, 0.29) is 18.2 Å². The highest BCUT2D eigenvalue weighted by molar-refractivity contribution is 8.45. The van der Waals surface area contributed by atoms with Gasteiger partial charge in [0.1, 0.15) is 4.90 Å². The Bertz CT molecular complexity index is 662. The van der Waals surface area contributed by atoms with E-state index in [1.54, 1.807) is 0 Å². The zero-order valence-corrected chi connectivity index (χ0v) is 10.7. The van der Waals surface area contributed by atoms with Crippen LogP contribution in [0.2, 0.25) is 0 Å². The summed E-state index contributed by atoms with van der Waals surface area (Å²) in [6, 6.07) is -0.327. The first-order chi connectivity index (χ1) is 8.02. The maximum Gasteiger partial charge on any atom is 0.337 e. The minimum absolute atomic E-state index is 0.153. The maximum atomic E-state index is 12.5. The second kappa shape index (κ2) is 3.39. The van der Waals surface area contributed by atoms with Gasteiger partial charge < -0.3 is 5.11 Å². The van der Waals surface area contributed by atoms with Crippen molar-refractivity contribution < 1.29 is 37.7 Å². The molecule has 0 fully saturated rings. The molecule has 0 bridgehead atoms. The highest BCUT2D eigenvalue weighted by Gasteiger charge is 2.65. The molecule has 110 valence electrons. The molecule has 0 amide bonds. The number of carboxylic acid groups (broad SMARTS) is 1. The van der Waals surface area contributed by atoms with Crippen molar-refractivity contribution in [3.63, 3.8) is 0 Å². The molecule has 1 aromatic rings. The van der Waals surface area contributed by atoms with Crippen molar-refractivity contribution in [2.75, 3.05) is 6.26 Å². The maximum absolute atomic E-state index is 12.5. The molecule has 0 saturated carbocycles. The van der Waals surface area contributed by atoms with E-state index in [1.807, 2.05) is 0 Å². The first kappa shape index (κ1) is 15.7. The average molecular weight is 326 g/mol. The lowest BCUT2D eigenvalue weighted by atomic mass is 10.2. The molecule has 1 aromatic carbocycles. The number of hydrogen-bond acceptors (Lipinski definition) is 3. The van der Waals surface area contributed by atoms with Crippen molar-refractivity contribution in [3.8, 4) is 0 Å². The molecular formula is C8H7F5O4S2. The van der Waals surface area contributed by atoms with Gasteiger partial charge in [-0.1, -0.05) is 19.4 Å². The van der Waals surface area contributed by atoms with Crippen molar-refractivity contribution in [2.45, 2.75) is 9.79 Å². The topological polar surface area (TPSA) is 71.4 Å². The molecule has 19 heavy (non-hydrogen) atoms. The van der Waals surface area contributed by atoms with E-state index in [2.05, 4.69) is 0 Å². The molecule has 0 saturated heterocycles. The summed E-state index contributed by atoms with van der Waals surface area (Å²) in [4.78, 5) is 6.90. The summed E-state index contributed by atoms with van der Waals surface area (Å²) in [5.41, 5.74) is -1.01. The van der Waals surface area contributed by atoms with Gasteiger partial charge in [-0.15, -0.1) is 0 Å². The third-order valence-corrected chi connectivity index (χ3v) is 4.31. The molecule has 11 heteroatoms. The van der Waals surface area contributed by atoms with Crippen LogP contribution in [0.1, 0.15) is 10.4 Å². The Hall–Kier alpha value is -1.36. The van der Waals surface area contributed by atoms with Crippen molar-refractivity contribution in [3.05, 3.63) is 23.8 Å². The lowest BCUT2D eigenvalue weighted by molar-refractivity contribution is 0.0692. The second-order valence-electron chi connectivity index (χ2n) is 3.70. The molecule has 0 aliphatic carbocycles. The zero-order valence-electron chi connectivity index (χ0n) is 9.11. The van der Waals surface area contributed by atoms with Crippen LogP contribution in [0.15, 0.2) is 28.0 Å². The molecule has 1 rings (SSSR count). The van der Waals surface area contributed by atoms with Crippen LogP contribution in [0.4, 0.5) is 19.4 Å². The zero-order chi connectivity index (χ0) is 15.3. The number of carboxylic acids is 1. The minimum Gasteiger partial charge on any atom is -0.478 e. The van der Waals surface area contributed by atoms with Gasteiger partial charge in [0, 0.05) is 6.26 Å². The van der Waals surface area contributed by atoms with Crippen LogP contribution in [-0.2, 0) is 9.84 Å². The average Bonchev–Trinajstić information content (AvgIpc) is 2.11. The van der Waals surface area contributed by atoms with E-state index in [0.29, 0.717) is 6.26 Å². The van der Waals surface area contributed by atoms with Gasteiger partial charge in [0.25, 0.3) is 0 Å². The normalized spacial score (nSPS) is 16.5. The second-order valence-corrected chi connectivity index (χ2v) is 8.10. The molecule has 0 spiro atoms. The van der Waals surface area contributed by atoms with Crippen molar-refractivity contribution in [1.82, 2.24) is 0 Å². The summed E-state index contributed by atoms with van der Waals surface area (Å²) < 4.78 is 84.9. The summed E-state index contributed by atoms with van der Waals surface area (Å²) in [6.07, 6.45) is 0.421. The summed E-state index contributed by atoms with van der Waals surface area (Å²) in [5, 5.41) is 8.63. The van der Waals surface area contributed by atoms with Crippen molar-refractivity contribution in [2.24, 2.45) is 0 Å². The largest absolute Gasteiger partial charge is 0.478 e. The Morgan fingerprint density at radius 1 is 1.16 bits per heavy atom. The van der Waals surface area contributed by atoms with Crippen LogP contribution in [0.5, 0.6) is 0 Å². The molecule has 0 unspecified atom stereocenters. The smallest absolute Gasteiger partial charge is 0.337 e. The van der Waals surface area contributed by atoms with E-state index in [9.17, 15) is 32.6 Å². The van der Waals surface area contributed by atoms with Gasteiger partial charge in [0.05, 0.1) is 10.5 Å². The SMILES string of the molecule is CS(=O)(=O)c1cc(S(F)(F)(F)(F)F)ccc1C(=O)O. The van der Waals surface area contributed by atoms with Crippen LogP contribution in [0.25, 0.3) is 0 Å². The highest BCUT2D eigenvalue weighted by atomic mass is 32.5. The van der Waals surface area contributed by atoms with E-state index in [1.165, 1.54) is 0 Å². The molecule has 0 aliphatic rings. The number of aromatic carboxylic acids is 1. The number of halogens is 5. The standard InChI is InChI=1S/C8H7F5O4S2/c1-18(16,17)7-4-5(19(9,10,11,12)13)2-3-6(7)8(14)15/h2-4H,1H3,(H,14,15). The predicted molar refractivity (Wildman–Crippen MR) is 57.9 cm³/mol. The van der Waals surface area contributed by atoms with Crippen LogP contribution in [-0.4, -0.2) is 25.7 Å². The van der Waals surface area contributed by atoms with Gasteiger partial charge in [0.2, 0.25) is 0 Å². The number of rotatable bonds is 3. The van der Waals surface area contributed by atoms with Crippen LogP contribution in [0.3, 0.4) is 0 Å². The van der Waals surface area contributed by atoms with E-state index >= 15 is 0 Å². The lowest BCUT2D eigenvalue weighted by Crippen LogP contribution is -2.12. The van der Waals surface area contributed by atoms with Crippen LogP contribution in [0, 0.1) is 0 Å². The molecule has 0 radical (unpaired) electrons. The Labute approximate surface area is 104 Å². The van der Waals surface area contributed by atoms with Crippen LogP contribution >= 0.6 is 10.2 Å². The summed E-state index contributed by atoms with van der Waals surface area (Å²) in [7, 11) is -14.5. The molecule has 0 atom stereocenters.